The van der Waals surface area contributed by atoms with E-state index < -0.39 is 6.04 Å². The molecule has 10 heteroatoms. The number of ether oxygens (including phenoxy) is 1. The highest BCUT2D eigenvalue weighted by atomic mass is 16.5. The summed E-state index contributed by atoms with van der Waals surface area (Å²) in [6.07, 6.45) is 4.99. The van der Waals surface area contributed by atoms with Crippen LogP contribution in [0.25, 0.3) is 39.0 Å². The van der Waals surface area contributed by atoms with Gasteiger partial charge in [-0.1, -0.05) is 36.4 Å². The van der Waals surface area contributed by atoms with Gasteiger partial charge in [0.1, 0.15) is 11.6 Å². The SMILES string of the molecule is COc1cc(-c2cccc3nc([C@H](C)Nc4nc(N)ncc4-c4ccccn4)n(-c4ccccc4)c(=O)c23)ccn1. The van der Waals surface area contributed by atoms with Crippen LogP contribution in [-0.4, -0.2) is 36.6 Å². The summed E-state index contributed by atoms with van der Waals surface area (Å²) in [5.74, 6) is 1.56. The van der Waals surface area contributed by atoms with E-state index in [1.807, 2.05) is 79.7 Å². The third-order valence-corrected chi connectivity index (χ3v) is 6.68. The fourth-order valence-electron chi connectivity index (χ4n) is 4.78. The monoisotopic (exact) mass is 542 g/mol. The zero-order chi connectivity index (χ0) is 28.3. The molecule has 1 atom stereocenters. The molecule has 3 N–H and O–H groups in total. The van der Waals surface area contributed by atoms with Crippen molar-refractivity contribution >= 4 is 22.7 Å². The molecule has 0 bridgehead atoms. The highest BCUT2D eigenvalue weighted by molar-refractivity contribution is 5.94. The smallest absolute Gasteiger partial charge is 0.266 e. The summed E-state index contributed by atoms with van der Waals surface area (Å²) >= 11 is 0. The molecule has 0 saturated carbocycles. The molecule has 6 aromatic rings. The number of nitrogen functional groups attached to an aromatic ring is 1. The Labute approximate surface area is 235 Å². The van der Waals surface area contributed by atoms with Crippen LogP contribution in [0.5, 0.6) is 5.88 Å². The predicted octanol–water partition coefficient (Wildman–Crippen LogP) is 5.06. The summed E-state index contributed by atoms with van der Waals surface area (Å²) < 4.78 is 6.96. The first-order valence-corrected chi connectivity index (χ1v) is 13.0. The average molecular weight is 543 g/mol. The second kappa shape index (κ2) is 10.9. The number of hydrogen-bond donors (Lipinski definition) is 2. The molecule has 0 aliphatic carbocycles. The number of nitrogens with one attached hydrogen (secondary N) is 1. The fraction of sp³-hybridized carbons (Fsp3) is 0.0968. The Morgan fingerprint density at radius 3 is 2.49 bits per heavy atom. The van der Waals surface area contributed by atoms with E-state index in [0.717, 1.165) is 11.1 Å². The number of fused-ring (bicyclic) bond motifs is 1. The van der Waals surface area contributed by atoms with Gasteiger partial charge in [-0.15, -0.1) is 0 Å². The number of para-hydroxylation sites is 1. The van der Waals surface area contributed by atoms with Crippen molar-refractivity contribution in [2.24, 2.45) is 0 Å². The number of anilines is 2. The van der Waals surface area contributed by atoms with Crippen LogP contribution < -0.4 is 21.3 Å². The van der Waals surface area contributed by atoms with E-state index in [1.54, 1.807) is 36.3 Å². The molecule has 0 amide bonds. The van der Waals surface area contributed by atoms with E-state index in [0.29, 0.717) is 45.4 Å². The first-order valence-electron chi connectivity index (χ1n) is 13.0. The van der Waals surface area contributed by atoms with Crippen LogP contribution in [0.1, 0.15) is 18.8 Å². The third kappa shape index (κ3) is 4.94. The summed E-state index contributed by atoms with van der Waals surface area (Å²) in [4.78, 5) is 36.7. The van der Waals surface area contributed by atoms with Crippen LogP contribution in [0.2, 0.25) is 0 Å². The third-order valence-electron chi connectivity index (χ3n) is 6.68. The van der Waals surface area contributed by atoms with E-state index >= 15 is 0 Å². The van der Waals surface area contributed by atoms with Gasteiger partial charge in [0.25, 0.3) is 5.56 Å². The Bertz CT molecular complexity index is 1910. The maximum Gasteiger partial charge on any atom is 0.266 e. The number of aromatic nitrogens is 6. The van der Waals surface area contributed by atoms with Crippen molar-refractivity contribution in [2.75, 3.05) is 18.2 Å². The van der Waals surface area contributed by atoms with Crippen molar-refractivity contribution in [1.29, 1.82) is 0 Å². The van der Waals surface area contributed by atoms with Crippen molar-refractivity contribution in [3.8, 4) is 34.0 Å². The lowest BCUT2D eigenvalue weighted by Crippen LogP contribution is -2.28. The Morgan fingerprint density at radius 2 is 1.71 bits per heavy atom. The van der Waals surface area contributed by atoms with Crippen molar-refractivity contribution < 1.29 is 4.74 Å². The lowest BCUT2D eigenvalue weighted by atomic mass is 10.0. The summed E-state index contributed by atoms with van der Waals surface area (Å²) in [5, 5.41) is 3.90. The summed E-state index contributed by atoms with van der Waals surface area (Å²) in [6, 6.07) is 23.8. The van der Waals surface area contributed by atoms with Crippen molar-refractivity contribution in [3.05, 3.63) is 114 Å². The standard InChI is InChI=1S/C31H26N8O2/c1-19(36-28-23(18-35-31(32)38-28)24-12-6-7-15-33-24)29-37-25-13-8-11-22(20-14-16-34-26(17-20)41-2)27(25)30(40)39(29)21-9-4-3-5-10-21/h3-19H,1-2H3,(H3,32,35,36,38)/t19-/m0/s1. The number of hydrogen-bond acceptors (Lipinski definition) is 9. The number of pyridine rings is 2. The highest BCUT2D eigenvalue weighted by Gasteiger charge is 2.22. The minimum Gasteiger partial charge on any atom is -0.481 e. The molecule has 6 rings (SSSR count). The van der Waals surface area contributed by atoms with Gasteiger partial charge in [-0.05, 0) is 54.4 Å². The van der Waals surface area contributed by atoms with Crippen molar-refractivity contribution in [2.45, 2.75) is 13.0 Å². The Morgan fingerprint density at radius 1 is 0.878 bits per heavy atom. The van der Waals surface area contributed by atoms with E-state index in [9.17, 15) is 4.79 Å². The maximum atomic E-state index is 14.4. The largest absolute Gasteiger partial charge is 0.481 e. The quantitative estimate of drug-likeness (QED) is 0.284. The first-order chi connectivity index (χ1) is 20.0. The van der Waals surface area contributed by atoms with Gasteiger partial charge in [0.15, 0.2) is 0 Å². The van der Waals surface area contributed by atoms with Crippen LogP contribution in [-0.2, 0) is 0 Å². The predicted molar refractivity (Wildman–Crippen MR) is 159 cm³/mol. The highest BCUT2D eigenvalue weighted by Crippen LogP contribution is 2.31. The van der Waals surface area contributed by atoms with Crippen LogP contribution in [0.15, 0.2) is 102 Å². The zero-order valence-corrected chi connectivity index (χ0v) is 22.4. The van der Waals surface area contributed by atoms with Gasteiger partial charge in [-0.3, -0.25) is 14.3 Å². The topological polar surface area (TPSA) is 134 Å². The zero-order valence-electron chi connectivity index (χ0n) is 22.4. The molecule has 2 aromatic carbocycles. The first kappa shape index (κ1) is 25.6. The van der Waals surface area contributed by atoms with Gasteiger partial charge in [-0.2, -0.15) is 4.98 Å². The fourth-order valence-corrected chi connectivity index (χ4v) is 4.78. The molecular weight excluding hydrogens is 516 g/mol. The van der Waals surface area contributed by atoms with Gasteiger partial charge in [0, 0.05) is 24.7 Å². The van der Waals surface area contributed by atoms with Gasteiger partial charge < -0.3 is 15.8 Å². The van der Waals surface area contributed by atoms with Crippen molar-refractivity contribution in [1.82, 2.24) is 29.5 Å². The molecule has 202 valence electrons. The number of benzene rings is 2. The van der Waals surface area contributed by atoms with Crippen molar-refractivity contribution in [3.63, 3.8) is 0 Å². The van der Waals surface area contributed by atoms with Crippen LogP contribution in [0, 0.1) is 0 Å². The lowest BCUT2D eigenvalue weighted by molar-refractivity contribution is 0.398. The molecule has 0 aliphatic rings. The Hall–Kier alpha value is -5.64. The van der Waals surface area contributed by atoms with E-state index in [4.69, 9.17) is 15.5 Å². The maximum absolute atomic E-state index is 14.4. The summed E-state index contributed by atoms with van der Waals surface area (Å²) in [7, 11) is 1.56. The summed E-state index contributed by atoms with van der Waals surface area (Å²) in [5.41, 5.74) is 9.91. The van der Waals surface area contributed by atoms with E-state index in [2.05, 4.69) is 25.3 Å². The van der Waals surface area contributed by atoms with Gasteiger partial charge in [0.05, 0.1) is 41.0 Å². The normalized spacial score (nSPS) is 11.8. The van der Waals surface area contributed by atoms with Gasteiger partial charge in [-0.25, -0.2) is 15.0 Å². The molecule has 0 fully saturated rings. The molecule has 4 aromatic heterocycles. The average Bonchev–Trinajstić information content (AvgIpc) is 3.01. The molecule has 0 spiro atoms. The van der Waals surface area contributed by atoms with Crippen LogP contribution >= 0.6 is 0 Å². The second-order valence-electron chi connectivity index (χ2n) is 9.30. The molecule has 41 heavy (non-hydrogen) atoms. The molecule has 10 nitrogen and oxygen atoms in total. The molecule has 0 unspecified atom stereocenters. The molecule has 0 radical (unpaired) electrons. The van der Waals surface area contributed by atoms with Gasteiger partial charge in [0.2, 0.25) is 11.8 Å². The molecular formula is C31H26N8O2. The van der Waals surface area contributed by atoms with Crippen LogP contribution in [0.4, 0.5) is 11.8 Å². The number of nitrogens with two attached hydrogens (primary N) is 1. The lowest BCUT2D eigenvalue weighted by Gasteiger charge is -2.22. The molecule has 4 heterocycles. The van der Waals surface area contributed by atoms with E-state index in [1.165, 1.54) is 0 Å². The number of nitrogens with zero attached hydrogens (tertiary/aromatic N) is 6. The summed E-state index contributed by atoms with van der Waals surface area (Å²) in [6.45, 7) is 1.92. The minimum atomic E-state index is -0.464. The second-order valence-corrected chi connectivity index (χ2v) is 9.30. The number of rotatable bonds is 7. The van der Waals surface area contributed by atoms with Gasteiger partial charge >= 0.3 is 0 Å². The number of methoxy groups -OCH3 is 1. The molecule has 0 aliphatic heterocycles. The Kier molecular flexibility index (Phi) is 6.78. The molecule has 0 saturated heterocycles. The Balaban J connectivity index is 1.54. The van der Waals surface area contributed by atoms with E-state index in [-0.39, 0.29) is 11.5 Å². The van der Waals surface area contributed by atoms with Crippen LogP contribution in [0.3, 0.4) is 0 Å². The minimum absolute atomic E-state index is 0.115.